The van der Waals surface area contributed by atoms with Crippen LogP contribution in [0.25, 0.3) is 5.78 Å². The highest BCUT2D eigenvalue weighted by atomic mass is 16.7. The number of carbonyl (C=O) groups excluding carboxylic acids is 2. The Bertz CT molecular complexity index is 1090. The van der Waals surface area contributed by atoms with Crippen LogP contribution in [0.15, 0.2) is 24.5 Å². The maximum atomic E-state index is 12.2. The zero-order chi connectivity index (χ0) is 20.4. The molecule has 0 bridgehead atoms. The van der Waals surface area contributed by atoms with Crippen LogP contribution in [0.2, 0.25) is 0 Å². The highest BCUT2D eigenvalue weighted by Gasteiger charge is 2.17. The van der Waals surface area contributed by atoms with Gasteiger partial charge in [0.05, 0.1) is 6.42 Å². The Morgan fingerprint density at radius 3 is 2.93 bits per heavy atom. The molecule has 3 aromatic rings. The van der Waals surface area contributed by atoms with E-state index in [9.17, 15) is 9.59 Å². The van der Waals surface area contributed by atoms with Gasteiger partial charge >= 0.3 is 5.97 Å². The van der Waals surface area contributed by atoms with Crippen molar-refractivity contribution in [2.45, 2.75) is 26.8 Å². The van der Waals surface area contributed by atoms with E-state index in [1.54, 1.807) is 23.6 Å². The Morgan fingerprint density at radius 1 is 1.24 bits per heavy atom. The molecule has 150 valence electrons. The van der Waals surface area contributed by atoms with Crippen LogP contribution in [-0.2, 0) is 27.3 Å². The Kier molecular flexibility index (Phi) is 4.98. The summed E-state index contributed by atoms with van der Waals surface area (Å²) in [5.41, 5.74) is 2.99. The SMILES string of the molecule is Cc1nc2ncnn2c(C)c1CC(=O)OCC(=O)NCc1ccc2c(c1)OCO2. The van der Waals surface area contributed by atoms with Crippen LogP contribution < -0.4 is 14.8 Å². The summed E-state index contributed by atoms with van der Waals surface area (Å²) in [5.74, 6) is 0.884. The standard InChI is InChI=1S/C19H19N5O5/c1-11-14(12(2)24-19(23-11)21-9-22-24)6-18(26)27-8-17(25)20-7-13-3-4-15-16(5-13)29-10-28-15/h3-5,9H,6-8,10H2,1-2H3,(H,20,25). The van der Waals surface area contributed by atoms with E-state index in [0.29, 0.717) is 28.5 Å². The number of esters is 1. The number of hydrogen-bond donors (Lipinski definition) is 1. The molecule has 0 spiro atoms. The molecule has 0 aliphatic carbocycles. The topological polar surface area (TPSA) is 117 Å². The van der Waals surface area contributed by atoms with E-state index >= 15 is 0 Å². The van der Waals surface area contributed by atoms with Gasteiger partial charge in [0.1, 0.15) is 6.33 Å². The second kappa shape index (κ2) is 7.74. The first-order valence-electron chi connectivity index (χ1n) is 8.98. The molecule has 0 saturated carbocycles. The average molecular weight is 397 g/mol. The van der Waals surface area contributed by atoms with Crippen LogP contribution in [-0.4, -0.2) is 44.9 Å². The van der Waals surface area contributed by atoms with Gasteiger partial charge in [-0.1, -0.05) is 6.07 Å². The second-order valence-corrected chi connectivity index (χ2v) is 6.53. The molecule has 4 rings (SSSR count). The summed E-state index contributed by atoms with van der Waals surface area (Å²) in [6, 6.07) is 5.42. The largest absolute Gasteiger partial charge is 0.455 e. The predicted octanol–water partition coefficient (Wildman–Crippen LogP) is 0.872. The van der Waals surface area contributed by atoms with Gasteiger partial charge in [0.2, 0.25) is 6.79 Å². The summed E-state index contributed by atoms with van der Waals surface area (Å²) < 4.78 is 17.2. The Labute approximate surface area is 165 Å². The molecule has 0 unspecified atom stereocenters. The van der Waals surface area contributed by atoms with E-state index in [1.165, 1.54) is 6.33 Å². The number of aromatic nitrogens is 4. The number of benzene rings is 1. The molecule has 1 aliphatic heterocycles. The van der Waals surface area contributed by atoms with Crippen LogP contribution in [0.1, 0.15) is 22.5 Å². The van der Waals surface area contributed by atoms with E-state index in [4.69, 9.17) is 14.2 Å². The second-order valence-electron chi connectivity index (χ2n) is 6.53. The zero-order valence-electron chi connectivity index (χ0n) is 16.0. The highest BCUT2D eigenvalue weighted by Crippen LogP contribution is 2.32. The van der Waals surface area contributed by atoms with Gasteiger partial charge < -0.3 is 19.5 Å². The summed E-state index contributed by atoms with van der Waals surface area (Å²) in [5, 5.41) is 6.79. The Hall–Kier alpha value is -3.69. The van der Waals surface area contributed by atoms with Crippen molar-refractivity contribution in [3.8, 4) is 11.5 Å². The van der Waals surface area contributed by atoms with E-state index in [0.717, 1.165) is 11.3 Å². The molecular formula is C19H19N5O5. The molecule has 1 amide bonds. The summed E-state index contributed by atoms with van der Waals surface area (Å²) in [6.45, 7) is 3.75. The molecule has 0 saturated heterocycles. The van der Waals surface area contributed by atoms with E-state index in [1.807, 2.05) is 13.0 Å². The number of fused-ring (bicyclic) bond motifs is 2. The van der Waals surface area contributed by atoms with Crippen molar-refractivity contribution in [2.75, 3.05) is 13.4 Å². The molecule has 3 heterocycles. The van der Waals surface area contributed by atoms with Crippen LogP contribution >= 0.6 is 0 Å². The van der Waals surface area contributed by atoms with Crippen molar-refractivity contribution in [3.05, 3.63) is 47.0 Å². The average Bonchev–Trinajstić information content (AvgIpc) is 3.36. The van der Waals surface area contributed by atoms with Gasteiger partial charge in [0, 0.05) is 23.5 Å². The van der Waals surface area contributed by atoms with Crippen molar-refractivity contribution in [2.24, 2.45) is 0 Å². The highest BCUT2D eigenvalue weighted by molar-refractivity contribution is 5.81. The number of carbonyl (C=O) groups is 2. The van der Waals surface area contributed by atoms with Crippen molar-refractivity contribution in [1.82, 2.24) is 24.9 Å². The number of nitrogens with zero attached hydrogens (tertiary/aromatic N) is 4. The summed E-state index contributed by atoms with van der Waals surface area (Å²) >= 11 is 0. The van der Waals surface area contributed by atoms with E-state index < -0.39 is 11.9 Å². The molecule has 29 heavy (non-hydrogen) atoms. The molecule has 1 aromatic carbocycles. The lowest BCUT2D eigenvalue weighted by Gasteiger charge is -2.10. The van der Waals surface area contributed by atoms with Crippen molar-refractivity contribution in [3.63, 3.8) is 0 Å². The number of nitrogens with one attached hydrogen (secondary N) is 1. The van der Waals surface area contributed by atoms with Crippen LogP contribution in [0.5, 0.6) is 11.5 Å². The molecule has 0 fully saturated rings. The number of rotatable bonds is 6. The number of amides is 1. The minimum Gasteiger partial charge on any atom is -0.455 e. The van der Waals surface area contributed by atoms with Crippen molar-refractivity contribution in [1.29, 1.82) is 0 Å². The number of hydrogen-bond acceptors (Lipinski definition) is 8. The van der Waals surface area contributed by atoms with Crippen LogP contribution in [0.3, 0.4) is 0 Å². The van der Waals surface area contributed by atoms with E-state index in [-0.39, 0.29) is 26.4 Å². The van der Waals surface area contributed by atoms with Gasteiger partial charge in [-0.25, -0.2) is 9.50 Å². The number of aryl methyl sites for hydroxylation is 2. The third-order valence-electron chi connectivity index (χ3n) is 4.60. The summed E-state index contributed by atoms with van der Waals surface area (Å²) in [7, 11) is 0. The van der Waals surface area contributed by atoms with Crippen LogP contribution in [0.4, 0.5) is 0 Å². The molecular weight excluding hydrogens is 378 g/mol. The van der Waals surface area contributed by atoms with E-state index in [2.05, 4.69) is 20.4 Å². The third-order valence-corrected chi connectivity index (χ3v) is 4.60. The first-order valence-corrected chi connectivity index (χ1v) is 8.98. The fourth-order valence-electron chi connectivity index (χ4n) is 3.06. The van der Waals surface area contributed by atoms with Crippen molar-refractivity contribution >= 4 is 17.7 Å². The molecule has 2 aromatic heterocycles. The normalized spacial score (nSPS) is 12.2. The fraction of sp³-hybridized carbons (Fsp3) is 0.316. The minimum atomic E-state index is -0.518. The summed E-state index contributed by atoms with van der Waals surface area (Å²) in [4.78, 5) is 32.6. The fourth-order valence-corrected chi connectivity index (χ4v) is 3.06. The molecule has 10 nitrogen and oxygen atoms in total. The maximum absolute atomic E-state index is 12.2. The third kappa shape index (κ3) is 3.96. The molecule has 0 atom stereocenters. The molecule has 1 aliphatic rings. The Balaban J connectivity index is 1.29. The van der Waals surface area contributed by atoms with Gasteiger partial charge in [-0.15, -0.1) is 0 Å². The van der Waals surface area contributed by atoms with Gasteiger partial charge in [-0.05, 0) is 31.5 Å². The maximum Gasteiger partial charge on any atom is 0.310 e. The monoisotopic (exact) mass is 397 g/mol. The summed E-state index contributed by atoms with van der Waals surface area (Å²) in [6.07, 6.45) is 1.40. The number of ether oxygens (including phenoxy) is 3. The van der Waals surface area contributed by atoms with Crippen molar-refractivity contribution < 1.29 is 23.8 Å². The quantitative estimate of drug-likeness (QED) is 0.609. The lowest BCUT2D eigenvalue weighted by Crippen LogP contribution is -2.28. The molecule has 0 radical (unpaired) electrons. The lowest BCUT2D eigenvalue weighted by atomic mass is 10.1. The smallest absolute Gasteiger partial charge is 0.310 e. The molecule has 10 heteroatoms. The molecule has 1 N–H and O–H groups in total. The van der Waals surface area contributed by atoms with Gasteiger partial charge in [-0.2, -0.15) is 10.1 Å². The van der Waals surface area contributed by atoms with Gasteiger partial charge in [-0.3, -0.25) is 9.59 Å². The first kappa shape index (κ1) is 18.7. The minimum absolute atomic E-state index is 0.00406. The lowest BCUT2D eigenvalue weighted by molar-refractivity contribution is -0.147. The Morgan fingerprint density at radius 2 is 2.07 bits per heavy atom. The van der Waals surface area contributed by atoms with Gasteiger partial charge in [0.15, 0.2) is 18.1 Å². The van der Waals surface area contributed by atoms with Crippen LogP contribution in [0, 0.1) is 13.8 Å². The van der Waals surface area contributed by atoms with Gasteiger partial charge in [0.25, 0.3) is 11.7 Å². The first-order chi connectivity index (χ1) is 14.0. The zero-order valence-corrected chi connectivity index (χ0v) is 16.0. The predicted molar refractivity (Wildman–Crippen MR) is 99.3 cm³/mol.